The van der Waals surface area contributed by atoms with Crippen LogP contribution in [-0.4, -0.2) is 28.9 Å². The van der Waals surface area contributed by atoms with Crippen LogP contribution in [0.4, 0.5) is 0 Å². The van der Waals surface area contributed by atoms with Gasteiger partial charge in [0, 0.05) is 22.0 Å². The van der Waals surface area contributed by atoms with Gasteiger partial charge in [0.15, 0.2) is 0 Å². The first kappa shape index (κ1) is 22.1. The van der Waals surface area contributed by atoms with Gasteiger partial charge in [0.1, 0.15) is 23.1 Å². The van der Waals surface area contributed by atoms with Gasteiger partial charge in [-0.2, -0.15) is 0 Å². The predicted molar refractivity (Wildman–Crippen MR) is 121 cm³/mol. The average Bonchev–Trinajstić information content (AvgIpc) is 3.23. The molecule has 0 unspecified atom stereocenters. The first-order valence-corrected chi connectivity index (χ1v) is 11.0. The van der Waals surface area contributed by atoms with E-state index >= 15 is 0 Å². The number of rotatable bonds is 9. The summed E-state index contributed by atoms with van der Waals surface area (Å²) < 4.78 is 11.0. The Morgan fingerprint density at radius 3 is 2.67 bits per heavy atom. The van der Waals surface area contributed by atoms with Gasteiger partial charge in [-0.15, -0.1) is 11.3 Å². The van der Waals surface area contributed by atoms with Crippen molar-refractivity contribution in [3.8, 4) is 11.5 Å². The van der Waals surface area contributed by atoms with Gasteiger partial charge in [-0.3, -0.25) is 4.79 Å². The molecule has 0 N–H and O–H groups in total. The van der Waals surface area contributed by atoms with Crippen molar-refractivity contribution in [1.82, 2.24) is 9.88 Å². The molecule has 1 amide bonds. The van der Waals surface area contributed by atoms with E-state index in [4.69, 9.17) is 21.1 Å². The minimum Gasteiger partial charge on any atom is -0.497 e. The highest BCUT2D eigenvalue weighted by molar-refractivity contribution is 7.09. The molecular weight excluding hydrogens is 420 g/mol. The first-order valence-electron chi connectivity index (χ1n) is 9.76. The molecule has 1 heterocycles. The Kier molecular flexibility index (Phi) is 7.71. The number of benzene rings is 2. The molecule has 0 spiro atoms. The molecule has 0 saturated heterocycles. The fraction of sp³-hybridized carbons (Fsp3) is 0.304. The van der Waals surface area contributed by atoms with Crippen molar-refractivity contribution >= 4 is 28.8 Å². The van der Waals surface area contributed by atoms with Gasteiger partial charge in [-0.25, -0.2) is 4.98 Å². The van der Waals surface area contributed by atoms with Gasteiger partial charge in [0.25, 0.3) is 5.91 Å². The van der Waals surface area contributed by atoms with E-state index in [-0.39, 0.29) is 11.9 Å². The third-order valence-electron chi connectivity index (χ3n) is 4.81. The molecule has 0 aliphatic rings. The Labute approximate surface area is 186 Å². The highest BCUT2D eigenvalue weighted by atomic mass is 35.5. The highest BCUT2D eigenvalue weighted by Crippen LogP contribution is 2.21. The molecule has 0 radical (unpaired) electrons. The Bertz CT molecular complexity index is 975. The molecule has 0 aliphatic heterocycles. The van der Waals surface area contributed by atoms with Crippen LogP contribution in [0.1, 0.15) is 41.3 Å². The lowest BCUT2D eigenvalue weighted by Crippen LogP contribution is -2.37. The topological polar surface area (TPSA) is 51.7 Å². The van der Waals surface area contributed by atoms with E-state index in [9.17, 15) is 4.79 Å². The summed E-state index contributed by atoms with van der Waals surface area (Å²) in [7, 11) is 1.60. The number of amides is 1. The Hall–Kier alpha value is -2.57. The number of carbonyl (C=O) groups excluding carboxylic acids is 1. The monoisotopic (exact) mass is 444 g/mol. The van der Waals surface area contributed by atoms with Gasteiger partial charge in [0.2, 0.25) is 0 Å². The second kappa shape index (κ2) is 10.5. The predicted octanol–water partition coefficient (Wildman–Crippen LogP) is 5.83. The van der Waals surface area contributed by atoms with Gasteiger partial charge in [-0.1, -0.05) is 24.6 Å². The number of aromatic nitrogens is 1. The SMILES string of the molecule is CC[C@H](C)N(Cc1csc(COc2ccc(Cl)cc2)n1)C(=O)c1cccc(OC)c1. The number of halogens is 1. The van der Waals surface area contributed by atoms with Crippen LogP contribution in [0.2, 0.25) is 5.02 Å². The fourth-order valence-electron chi connectivity index (χ4n) is 2.91. The summed E-state index contributed by atoms with van der Waals surface area (Å²) >= 11 is 7.43. The summed E-state index contributed by atoms with van der Waals surface area (Å²) in [5.41, 5.74) is 1.46. The Morgan fingerprint density at radius 2 is 1.97 bits per heavy atom. The maximum absolute atomic E-state index is 13.2. The van der Waals surface area contributed by atoms with Crippen molar-refractivity contribution in [3.05, 3.63) is 75.2 Å². The van der Waals surface area contributed by atoms with Crippen molar-refractivity contribution in [2.75, 3.05) is 7.11 Å². The largest absolute Gasteiger partial charge is 0.497 e. The number of methoxy groups -OCH3 is 1. The van der Waals surface area contributed by atoms with Crippen LogP contribution in [0, 0.1) is 0 Å². The molecule has 0 fully saturated rings. The van der Waals surface area contributed by atoms with Crippen LogP contribution >= 0.6 is 22.9 Å². The van der Waals surface area contributed by atoms with E-state index in [0.29, 0.717) is 29.5 Å². The fourth-order valence-corrected chi connectivity index (χ4v) is 3.73. The van der Waals surface area contributed by atoms with Crippen LogP contribution in [0.25, 0.3) is 0 Å². The molecule has 30 heavy (non-hydrogen) atoms. The zero-order valence-electron chi connectivity index (χ0n) is 17.3. The highest BCUT2D eigenvalue weighted by Gasteiger charge is 2.22. The number of nitrogens with zero attached hydrogens (tertiary/aromatic N) is 2. The van der Waals surface area contributed by atoms with E-state index in [1.807, 2.05) is 40.6 Å². The third-order valence-corrected chi connectivity index (χ3v) is 5.93. The quantitative estimate of drug-likeness (QED) is 0.417. The van der Waals surface area contributed by atoms with E-state index < -0.39 is 0 Å². The number of carbonyl (C=O) groups is 1. The molecule has 158 valence electrons. The van der Waals surface area contributed by atoms with E-state index in [1.54, 1.807) is 25.3 Å². The molecule has 0 aliphatic carbocycles. The third kappa shape index (κ3) is 5.74. The molecular formula is C23H25ClN2O3S. The average molecular weight is 445 g/mol. The lowest BCUT2D eigenvalue weighted by atomic mass is 10.1. The zero-order chi connectivity index (χ0) is 21.5. The second-order valence-corrected chi connectivity index (χ2v) is 8.28. The Balaban J connectivity index is 1.69. The van der Waals surface area contributed by atoms with Crippen LogP contribution < -0.4 is 9.47 Å². The van der Waals surface area contributed by atoms with Crippen molar-refractivity contribution in [2.45, 2.75) is 39.5 Å². The van der Waals surface area contributed by atoms with Gasteiger partial charge in [0.05, 0.1) is 19.3 Å². The molecule has 5 nitrogen and oxygen atoms in total. The normalized spacial score (nSPS) is 11.7. The maximum Gasteiger partial charge on any atom is 0.254 e. The van der Waals surface area contributed by atoms with Crippen molar-refractivity contribution in [3.63, 3.8) is 0 Å². The number of thiazole rings is 1. The molecule has 3 aromatic rings. The summed E-state index contributed by atoms with van der Waals surface area (Å²) in [6.07, 6.45) is 0.854. The molecule has 1 aromatic heterocycles. The lowest BCUT2D eigenvalue weighted by molar-refractivity contribution is 0.0668. The summed E-state index contributed by atoms with van der Waals surface area (Å²) in [4.78, 5) is 19.7. The summed E-state index contributed by atoms with van der Waals surface area (Å²) in [6.45, 7) is 4.94. The Morgan fingerprint density at radius 1 is 1.20 bits per heavy atom. The van der Waals surface area contributed by atoms with E-state index in [2.05, 4.69) is 18.8 Å². The standard InChI is InChI=1S/C23H25ClN2O3S/c1-4-16(2)26(23(27)17-6-5-7-21(12-17)28-3)13-19-15-30-22(25-19)14-29-20-10-8-18(24)9-11-20/h5-12,15-16H,4,13-14H2,1-3H3/t16-/m0/s1. The molecule has 0 bridgehead atoms. The van der Waals surface area contributed by atoms with Crippen molar-refractivity contribution in [2.24, 2.45) is 0 Å². The van der Waals surface area contributed by atoms with Gasteiger partial charge >= 0.3 is 0 Å². The van der Waals surface area contributed by atoms with Crippen LogP contribution in [-0.2, 0) is 13.2 Å². The molecule has 2 aromatic carbocycles. The lowest BCUT2D eigenvalue weighted by Gasteiger charge is -2.28. The zero-order valence-corrected chi connectivity index (χ0v) is 18.9. The van der Waals surface area contributed by atoms with Crippen molar-refractivity contribution < 1.29 is 14.3 Å². The van der Waals surface area contributed by atoms with Crippen LogP contribution in [0.15, 0.2) is 53.9 Å². The first-order chi connectivity index (χ1) is 14.5. The summed E-state index contributed by atoms with van der Waals surface area (Å²) in [5, 5.41) is 3.51. The van der Waals surface area contributed by atoms with E-state index in [1.165, 1.54) is 11.3 Å². The molecule has 1 atom stereocenters. The number of ether oxygens (including phenoxy) is 2. The van der Waals surface area contributed by atoms with E-state index in [0.717, 1.165) is 22.9 Å². The minimum atomic E-state index is -0.0322. The number of hydrogen-bond donors (Lipinski definition) is 0. The smallest absolute Gasteiger partial charge is 0.254 e. The van der Waals surface area contributed by atoms with Crippen molar-refractivity contribution in [1.29, 1.82) is 0 Å². The number of hydrogen-bond acceptors (Lipinski definition) is 5. The van der Waals surface area contributed by atoms with Crippen LogP contribution in [0.5, 0.6) is 11.5 Å². The second-order valence-electron chi connectivity index (χ2n) is 6.90. The summed E-state index contributed by atoms with van der Waals surface area (Å²) in [5.74, 6) is 1.38. The maximum atomic E-state index is 13.2. The molecule has 3 rings (SSSR count). The minimum absolute atomic E-state index is 0.0322. The van der Waals surface area contributed by atoms with Gasteiger partial charge < -0.3 is 14.4 Å². The summed E-state index contributed by atoms with van der Waals surface area (Å²) in [6, 6.07) is 14.6. The van der Waals surface area contributed by atoms with Crippen LogP contribution in [0.3, 0.4) is 0 Å². The molecule has 7 heteroatoms. The molecule has 0 saturated carbocycles. The van der Waals surface area contributed by atoms with Gasteiger partial charge in [-0.05, 0) is 55.8 Å².